The summed E-state index contributed by atoms with van der Waals surface area (Å²) in [6.07, 6.45) is 2.19. The average Bonchev–Trinajstić information content (AvgIpc) is 2.56. The Morgan fingerprint density at radius 1 is 1.44 bits per heavy atom. The third-order valence-electron chi connectivity index (χ3n) is 2.30. The highest BCUT2D eigenvalue weighted by atomic mass is 35.5. The molecule has 0 atom stereocenters. The summed E-state index contributed by atoms with van der Waals surface area (Å²) in [6.45, 7) is 4.09. The molecular weight excluding hydrogens is 228 g/mol. The summed E-state index contributed by atoms with van der Waals surface area (Å²) in [6, 6.07) is 0. The highest BCUT2D eigenvalue weighted by Crippen LogP contribution is 2.07. The molecule has 1 aromatic heterocycles. The van der Waals surface area contributed by atoms with Gasteiger partial charge in [-0.3, -0.25) is 4.79 Å². The molecule has 0 bridgehead atoms. The van der Waals surface area contributed by atoms with E-state index in [1.54, 1.807) is 0 Å². The van der Waals surface area contributed by atoms with Crippen LogP contribution in [-0.2, 0) is 11.3 Å². The predicted molar refractivity (Wildman–Crippen MR) is 62.4 cm³/mol. The number of halogens is 1. The number of rotatable bonds is 6. The quantitative estimate of drug-likeness (QED) is 0.617. The zero-order valence-corrected chi connectivity index (χ0v) is 10.4. The van der Waals surface area contributed by atoms with Crippen molar-refractivity contribution in [2.45, 2.75) is 39.7 Å². The van der Waals surface area contributed by atoms with E-state index >= 15 is 0 Å². The van der Waals surface area contributed by atoms with Gasteiger partial charge in [0.25, 0.3) is 0 Å². The number of hydrogen-bond donors (Lipinski definition) is 1. The van der Waals surface area contributed by atoms with E-state index < -0.39 is 0 Å². The molecule has 0 aliphatic rings. The summed E-state index contributed by atoms with van der Waals surface area (Å²) in [5.41, 5.74) is 0.867. The molecular formula is C11H17ClN2O2. The van der Waals surface area contributed by atoms with Crippen LogP contribution in [0.25, 0.3) is 0 Å². The monoisotopic (exact) mass is 244 g/mol. The predicted octanol–water partition coefficient (Wildman–Crippen LogP) is 2.32. The number of aryl methyl sites for hydroxylation is 2. The molecule has 0 aliphatic heterocycles. The average molecular weight is 245 g/mol. The van der Waals surface area contributed by atoms with E-state index in [2.05, 4.69) is 10.3 Å². The minimum atomic E-state index is 0.0126. The fourth-order valence-electron chi connectivity index (χ4n) is 1.26. The van der Waals surface area contributed by atoms with Crippen molar-refractivity contribution in [3.8, 4) is 0 Å². The summed E-state index contributed by atoms with van der Waals surface area (Å²) >= 11 is 5.52. The molecule has 0 saturated carbocycles. The number of carbonyl (C=O) groups excluding carboxylic acids is 1. The molecule has 16 heavy (non-hydrogen) atoms. The summed E-state index contributed by atoms with van der Waals surface area (Å²) < 4.78 is 5.34. The summed E-state index contributed by atoms with van der Waals surface area (Å²) in [5, 5.41) is 2.76. The van der Waals surface area contributed by atoms with Gasteiger partial charge in [-0.25, -0.2) is 4.98 Å². The third kappa shape index (κ3) is 4.23. The molecule has 1 N–H and O–H groups in total. The highest BCUT2D eigenvalue weighted by molar-refractivity contribution is 6.17. The molecule has 90 valence electrons. The Kier molecular flexibility index (Phi) is 5.32. The van der Waals surface area contributed by atoms with Crippen LogP contribution >= 0.6 is 11.6 Å². The fourth-order valence-corrected chi connectivity index (χ4v) is 1.45. The summed E-state index contributed by atoms with van der Waals surface area (Å²) in [7, 11) is 0. The van der Waals surface area contributed by atoms with Gasteiger partial charge in [0.2, 0.25) is 11.8 Å². The van der Waals surface area contributed by atoms with Gasteiger partial charge in [0.05, 0.1) is 12.2 Å². The van der Waals surface area contributed by atoms with Gasteiger partial charge in [0, 0.05) is 12.3 Å². The second-order valence-electron chi connectivity index (χ2n) is 3.67. The van der Waals surface area contributed by atoms with Crippen LogP contribution in [0.3, 0.4) is 0 Å². The largest absolute Gasteiger partial charge is 0.444 e. The number of oxazole rings is 1. The van der Waals surface area contributed by atoms with Gasteiger partial charge in [-0.15, -0.1) is 11.6 Å². The molecule has 1 rings (SSSR count). The number of carbonyl (C=O) groups is 1. The van der Waals surface area contributed by atoms with Crippen molar-refractivity contribution in [2.75, 3.05) is 5.88 Å². The Morgan fingerprint density at radius 2 is 2.19 bits per heavy atom. The van der Waals surface area contributed by atoms with Crippen molar-refractivity contribution in [3.63, 3.8) is 0 Å². The minimum Gasteiger partial charge on any atom is -0.444 e. The molecule has 1 aromatic rings. The van der Waals surface area contributed by atoms with Gasteiger partial charge in [-0.05, 0) is 26.7 Å². The van der Waals surface area contributed by atoms with Crippen molar-refractivity contribution in [1.82, 2.24) is 10.3 Å². The number of aromatic nitrogens is 1. The number of unbranched alkanes of at least 4 members (excludes halogenated alkanes) is 1. The van der Waals surface area contributed by atoms with E-state index in [1.165, 1.54) is 0 Å². The first-order chi connectivity index (χ1) is 7.63. The van der Waals surface area contributed by atoms with Crippen molar-refractivity contribution < 1.29 is 9.21 Å². The first-order valence-corrected chi connectivity index (χ1v) is 5.92. The smallest absolute Gasteiger partial charge is 0.220 e. The Morgan fingerprint density at radius 3 is 2.75 bits per heavy atom. The minimum absolute atomic E-state index is 0.0126. The molecule has 0 unspecified atom stereocenters. The molecule has 4 nitrogen and oxygen atoms in total. The fraction of sp³-hybridized carbons (Fsp3) is 0.636. The Hall–Kier alpha value is -1.03. The number of hydrogen-bond acceptors (Lipinski definition) is 3. The number of alkyl halides is 1. The number of amides is 1. The molecule has 5 heteroatoms. The topological polar surface area (TPSA) is 55.1 Å². The first kappa shape index (κ1) is 13.0. The van der Waals surface area contributed by atoms with E-state index in [1.807, 2.05) is 13.8 Å². The number of nitrogens with zero attached hydrogens (tertiary/aromatic N) is 1. The Labute approximate surface area is 100 Å². The van der Waals surface area contributed by atoms with Crippen molar-refractivity contribution in [3.05, 3.63) is 17.3 Å². The molecule has 0 aliphatic carbocycles. The lowest BCUT2D eigenvalue weighted by Crippen LogP contribution is -2.22. The highest BCUT2D eigenvalue weighted by Gasteiger charge is 2.07. The van der Waals surface area contributed by atoms with E-state index in [0.717, 1.165) is 24.3 Å². The van der Waals surface area contributed by atoms with Crippen LogP contribution < -0.4 is 5.32 Å². The van der Waals surface area contributed by atoms with E-state index in [4.69, 9.17) is 16.0 Å². The van der Waals surface area contributed by atoms with Crippen molar-refractivity contribution in [2.24, 2.45) is 0 Å². The molecule has 0 fully saturated rings. The van der Waals surface area contributed by atoms with Crippen LogP contribution in [0.5, 0.6) is 0 Å². The van der Waals surface area contributed by atoms with Crippen LogP contribution in [0.1, 0.15) is 36.6 Å². The second kappa shape index (κ2) is 6.53. The molecule has 0 radical (unpaired) electrons. The maximum Gasteiger partial charge on any atom is 0.220 e. The van der Waals surface area contributed by atoms with Crippen LogP contribution in [0.15, 0.2) is 4.42 Å². The molecule has 0 aromatic carbocycles. The summed E-state index contributed by atoms with van der Waals surface area (Å²) in [4.78, 5) is 15.5. The van der Waals surface area contributed by atoms with Gasteiger partial charge in [0.15, 0.2) is 0 Å². The van der Waals surface area contributed by atoms with Gasteiger partial charge < -0.3 is 9.73 Å². The van der Waals surface area contributed by atoms with E-state index in [9.17, 15) is 4.79 Å². The van der Waals surface area contributed by atoms with Gasteiger partial charge >= 0.3 is 0 Å². The van der Waals surface area contributed by atoms with Crippen LogP contribution in [0.2, 0.25) is 0 Å². The van der Waals surface area contributed by atoms with Crippen molar-refractivity contribution >= 4 is 17.5 Å². The van der Waals surface area contributed by atoms with Crippen LogP contribution in [-0.4, -0.2) is 16.8 Å². The Balaban J connectivity index is 2.26. The SMILES string of the molecule is Cc1nc(CNC(=O)CCCCCl)oc1C. The van der Waals surface area contributed by atoms with Gasteiger partial charge in [-0.2, -0.15) is 0 Å². The van der Waals surface area contributed by atoms with E-state index in [0.29, 0.717) is 24.7 Å². The Bertz CT molecular complexity index is 330. The number of nitrogens with one attached hydrogen (secondary N) is 1. The zero-order valence-electron chi connectivity index (χ0n) is 9.68. The standard InChI is InChI=1S/C11H17ClN2O2/c1-8-9(2)16-11(14-8)7-13-10(15)5-3-4-6-12/h3-7H2,1-2H3,(H,13,15). The normalized spacial score (nSPS) is 10.4. The van der Waals surface area contributed by atoms with E-state index in [-0.39, 0.29) is 5.91 Å². The molecule has 1 amide bonds. The molecule has 0 saturated heterocycles. The third-order valence-corrected chi connectivity index (χ3v) is 2.56. The summed E-state index contributed by atoms with van der Waals surface area (Å²) in [5.74, 6) is 1.97. The molecule has 0 spiro atoms. The first-order valence-electron chi connectivity index (χ1n) is 5.39. The van der Waals surface area contributed by atoms with Gasteiger partial charge in [-0.1, -0.05) is 0 Å². The lowest BCUT2D eigenvalue weighted by molar-refractivity contribution is -0.121. The lowest BCUT2D eigenvalue weighted by atomic mass is 10.2. The second-order valence-corrected chi connectivity index (χ2v) is 4.05. The van der Waals surface area contributed by atoms with Crippen LogP contribution in [0.4, 0.5) is 0 Å². The maximum atomic E-state index is 11.4. The van der Waals surface area contributed by atoms with Gasteiger partial charge in [0.1, 0.15) is 5.76 Å². The lowest BCUT2D eigenvalue weighted by Gasteiger charge is -2.01. The van der Waals surface area contributed by atoms with Crippen LogP contribution in [0, 0.1) is 13.8 Å². The maximum absolute atomic E-state index is 11.4. The zero-order chi connectivity index (χ0) is 12.0. The van der Waals surface area contributed by atoms with Crippen molar-refractivity contribution in [1.29, 1.82) is 0 Å². The molecule has 1 heterocycles.